The summed E-state index contributed by atoms with van der Waals surface area (Å²) in [5, 5.41) is 12.2. The lowest BCUT2D eigenvalue weighted by Gasteiger charge is -2.24. The lowest BCUT2D eigenvalue weighted by Crippen LogP contribution is -2.24. The van der Waals surface area contributed by atoms with Crippen LogP contribution < -0.4 is 5.73 Å². The molecule has 4 rings (SSSR count). The molecule has 3 heteroatoms. The van der Waals surface area contributed by atoms with Gasteiger partial charge in [0.25, 0.3) is 0 Å². The third-order valence-corrected chi connectivity index (χ3v) is 4.40. The van der Waals surface area contributed by atoms with Gasteiger partial charge in [-0.25, -0.2) is 0 Å². The maximum absolute atomic E-state index is 11.2. The molecule has 3 N–H and O–H groups in total. The third-order valence-electron chi connectivity index (χ3n) is 4.40. The van der Waals surface area contributed by atoms with Crippen molar-refractivity contribution in [2.45, 2.75) is 18.4 Å². The number of aliphatic hydroxyl groups is 1. The maximum Gasteiger partial charge on any atom is 0.117 e. The highest BCUT2D eigenvalue weighted by molar-refractivity contribution is 5.79. The Hall–Kier alpha value is -2.39. The van der Waals surface area contributed by atoms with Crippen LogP contribution in [-0.4, -0.2) is 10.1 Å². The summed E-state index contributed by atoms with van der Waals surface area (Å²) in [6.07, 6.45) is 3.29. The van der Waals surface area contributed by atoms with Gasteiger partial charge in [0.1, 0.15) is 5.60 Å². The number of aryl methyl sites for hydroxylation is 1. The highest BCUT2D eigenvalue weighted by atomic mass is 16.3. The van der Waals surface area contributed by atoms with Crippen LogP contribution in [0.3, 0.4) is 0 Å². The van der Waals surface area contributed by atoms with Gasteiger partial charge in [0.05, 0.1) is 5.52 Å². The van der Waals surface area contributed by atoms with Gasteiger partial charge in [-0.3, -0.25) is 4.98 Å². The van der Waals surface area contributed by atoms with Crippen LogP contribution in [-0.2, 0) is 12.0 Å². The van der Waals surface area contributed by atoms with Gasteiger partial charge in [-0.15, -0.1) is 0 Å². The van der Waals surface area contributed by atoms with Gasteiger partial charge < -0.3 is 10.8 Å². The Balaban J connectivity index is 1.89. The Bertz CT molecular complexity index is 843. The standard InChI is InChI=1S/C18H16N2O/c19-15-5-6-16-12(10-15)7-8-18(16,21)14-9-13-3-1-2-4-17(13)20-11-14/h1-6,9-11,21H,7-8,19H2. The highest BCUT2D eigenvalue weighted by Gasteiger charge is 2.38. The molecule has 1 aromatic heterocycles. The number of nitrogens with zero attached hydrogens (tertiary/aromatic N) is 1. The average molecular weight is 276 g/mol. The van der Waals surface area contributed by atoms with E-state index in [0.29, 0.717) is 6.42 Å². The molecule has 3 aromatic rings. The van der Waals surface area contributed by atoms with Crippen LogP contribution >= 0.6 is 0 Å². The largest absolute Gasteiger partial charge is 0.399 e. The maximum atomic E-state index is 11.2. The van der Waals surface area contributed by atoms with Crippen molar-refractivity contribution in [2.24, 2.45) is 0 Å². The van der Waals surface area contributed by atoms with Crippen molar-refractivity contribution in [3.8, 4) is 0 Å². The number of nitrogen functional groups attached to an aromatic ring is 1. The van der Waals surface area contributed by atoms with Crippen LogP contribution in [0.5, 0.6) is 0 Å². The molecule has 0 saturated carbocycles. The van der Waals surface area contributed by atoms with E-state index in [9.17, 15) is 5.11 Å². The fraction of sp³-hybridized carbons (Fsp3) is 0.167. The number of rotatable bonds is 1. The minimum atomic E-state index is -0.958. The molecule has 0 saturated heterocycles. The molecule has 0 spiro atoms. The van der Waals surface area contributed by atoms with Gasteiger partial charge >= 0.3 is 0 Å². The van der Waals surface area contributed by atoms with Gasteiger partial charge in [0.15, 0.2) is 0 Å². The Kier molecular flexibility index (Phi) is 2.53. The quantitative estimate of drug-likeness (QED) is 0.672. The normalized spacial score (nSPS) is 20.6. The molecular weight excluding hydrogens is 260 g/mol. The summed E-state index contributed by atoms with van der Waals surface area (Å²) < 4.78 is 0. The molecule has 21 heavy (non-hydrogen) atoms. The number of pyridine rings is 1. The number of aromatic nitrogens is 1. The predicted octanol–water partition coefficient (Wildman–Crippen LogP) is 3.00. The SMILES string of the molecule is Nc1ccc2c(c1)CCC2(O)c1cnc2ccccc2c1. The minimum Gasteiger partial charge on any atom is -0.399 e. The van der Waals surface area contributed by atoms with Crippen molar-refractivity contribution in [3.05, 3.63) is 71.4 Å². The number of anilines is 1. The first kappa shape index (κ1) is 12.4. The fourth-order valence-electron chi connectivity index (χ4n) is 3.27. The van der Waals surface area contributed by atoms with Gasteiger partial charge in [0.2, 0.25) is 0 Å². The average Bonchev–Trinajstić information content (AvgIpc) is 2.84. The molecule has 0 aliphatic heterocycles. The monoisotopic (exact) mass is 276 g/mol. The highest BCUT2D eigenvalue weighted by Crippen LogP contribution is 2.42. The van der Waals surface area contributed by atoms with Crippen molar-refractivity contribution in [1.29, 1.82) is 0 Å². The van der Waals surface area contributed by atoms with Crippen LogP contribution in [0.15, 0.2) is 54.7 Å². The number of para-hydroxylation sites is 1. The first-order valence-electron chi connectivity index (χ1n) is 7.13. The summed E-state index contributed by atoms with van der Waals surface area (Å²) in [7, 11) is 0. The van der Waals surface area contributed by atoms with Gasteiger partial charge in [-0.1, -0.05) is 24.3 Å². The van der Waals surface area contributed by atoms with Crippen LogP contribution in [0.4, 0.5) is 5.69 Å². The molecule has 104 valence electrons. The van der Waals surface area contributed by atoms with E-state index in [1.165, 1.54) is 0 Å². The molecule has 3 nitrogen and oxygen atoms in total. The van der Waals surface area contributed by atoms with Crippen LogP contribution in [0.1, 0.15) is 23.1 Å². The van der Waals surface area contributed by atoms with E-state index < -0.39 is 5.60 Å². The van der Waals surface area contributed by atoms with Crippen molar-refractivity contribution < 1.29 is 5.11 Å². The molecule has 0 radical (unpaired) electrons. The molecule has 1 aliphatic rings. The zero-order valence-electron chi connectivity index (χ0n) is 11.6. The zero-order chi connectivity index (χ0) is 14.4. The lowest BCUT2D eigenvalue weighted by molar-refractivity contribution is 0.0827. The van der Waals surface area contributed by atoms with Crippen molar-refractivity contribution in [2.75, 3.05) is 5.73 Å². The number of nitrogens with two attached hydrogens (primary N) is 1. The first-order valence-corrected chi connectivity index (χ1v) is 7.13. The zero-order valence-corrected chi connectivity index (χ0v) is 11.6. The molecular formula is C18H16N2O. The van der Waals surface area contributed by atoms with Gasteiger partial charge in [-0.05, 0) is 48.2 Å². The summed E-state index contributed by atoms with van der Waals surface area (Å²) >= 11 is 0. The summed E-state index contributed by atoms with van der Waals surface area (Å²) in [5.41, 5.74) is 9.50. The molecule has 2 aromatic carbocycles. The molecule has 1 heterocycles. The summed E-state index contributed by atoms with van der Waals surface area (Å²) in [6, 6.07) is 15.7. The predicted molar refractivity (Wildman–Crippen MR) is 83.9 cm³/mol. The number of benzene rings is 2. The first-order chi connectivity index (χ1) is 10.2. The smallest absolute Gasteiger partial charge is 0.117 e. The Labute approximate surface area is 123 Å². The minimum absolute atomic E-state index is 0.672. The second-order valence-electron chi connectivity index (χ2n) is 5.69. The van der Waals surface area contributed by atoms with E-state index in [4.69, 9.17) is 5.73 Å². The summed E-state index contributed by atoms with van der Waals surface area (Å²) in [5.74, 6) is 0. The van der Waals surface area contributed by atoms with E-state index in [0.717, 1.165) is 39.7 Å². The molecule has 1 unspecified atom stereocenters. The van der Waals surface area contributed by atoms with Crippen molar-refractivity contribution in [3.63, 3.8) is 0 Å². The third kappa shape index (κ3) is 1.82. The van der Waals surface area contributed by atoms with E-state index in [2.05, 4.69) is 4.98 Å². The lowest BCUT2D eigenvalue weighted by atomic mass is 9.88. The van der Waals surface area contributed by atoms with Crippen molar-refractivity contribution in [1.82, 2.24) is 4.98 Å². The molecule has 0 bridgehead atoms. The number of hydrogen-bond acceptors (Lipinski definition) is 3. The molecule has 0 fully saturated rings. The topological polar surface area (TPSA) is 59.1 Å². The number of fused-ring (bicyclic) bond motifs is 2. The summed E-state index contributed by atoms with van der Waals surface area (Å²) in [6.45, 7) is 0. The van der Waals surface area contributed by atoms with Crippen molar-refractivity contribution >= 4 is 16.6 Å². The molecule has 1 aliphatic carbocycles. The van der Waals surface area contributed by atoms with Crippen LogP contribution in [0.2, 0.25) is 0 Å². The second kappa shape index (κ2) is 4.30. The van der Waals surface area contributed by atoms with Gasteiger partial charge in [0, 0.05) is 22.8 Å². The number of hydrogen-bond donors (Lipinski definition) is 2. The second-order valence-corrected chi connectivity index (χ2v) is 5.69. The van der Waals surface area contributed by atoms with E-state index in [-0.39, 0.29) is 0 Å². The van der Waals surface area contributed by atoms with E-state index >= 15 is 0 Å². The van der Waals surface area contributed by atoms with Crippen LogP contribution in [0, 0.1) is 0 Å². The Morgan fingerprint density at radius 1 is 1.10 bits per heavy atom. The Morgan fingerprint density at radius 3 is 2.86 bits per heavy atom. The van der Waals surface area contributed by atoms with Gasteiger partial charge in [-0.2, -0.15) is 0 Å². The van der Waals surface area contributed by atoms with Crippen LogP contribution in [0.25, 0.3) is 10.9 Å². The van der Waals surface area contributed by atoms with E-state index in [1.54, 1.807) is 6.20 Å². The summed E-state index contributed by atoms with van der Waals surface area (Å²) in [4.78, 5) is 4.48. The van der Waals surface area contributed by atoms with E-state index in [1.807, 2.05) is 48.5 Å². The molecule has 1 atom stereocenters. The Morgan fingerprint density at radius 2 is 1.95 bits per heavy atom. The molecule has 0 amide bonds. The fourth-order valence-corrected chi connectivity index (χ4v) is 3.27.